The van der Waals surface area contributed by atoms with Crippen molar-refractivity contribution in [3.8, 4) is 5.75 Å². The number of nitrogens with one attached hydrogen (secondary N) is 1. The molecule has 5 nitrogen and oxygen atoms in total. The van der Waals surface area contributed by atoms with E-state index in [0.29, 0.717) is 24.1 Å². The molecular formula is C17H23ClN2O3. The van der Waals surface area contributed by atoms with Gasteiger partial charge in [0.15, 0.2) is 0 Å². The highest BCUT2D eigenvalue weighted by molar-refractivity contribution is 6.30. The van der Waals surface area contributed by atoms with Crippen molar-refractivity contribution in [1.82, 2.24) is 10.2 Å². The minimum atomic E-state index is -0.0317. The highest BCUT2D eigenvalue weighted by atomic mass is 35.5. The van der Waals surface area contributed by atoms with Gasteiger partial charge in [0, 0.05) is 49.2 Å². The van der Waals surface area contributed by atoms with Crippen LogP contribution in [0.3, 0.4) is 0 Å². The number of hydrogen-bond donors (Lipinski definition) is 1. The molecule has 0 bridgehead atoms. The molecule has 2 amide bonds. The van der Waals surface area contributed by atoms with Crippen molar-refractivity contribution in [1.29, 1.82) is 0 Å². The van der Waals surface area contributed by atoms with Gasteiger partial charge >= 0.3 is 6.03 Å². The Morgan fingerprint density at radius 2 is 2.39 bits per heavy atom. The number of rotatable bonds is 5. The number of fused-ring (bicyclic) bond motifs is 1. The normalized spacial score (nSPS) is 19.6. The monoisotopic (exact) mass is 338 g/mol. The molecule has 1 saturated heterocycles. The van der Waals surface area contributed by atoms with Gasteiger partial charge in [-0.15, -0.1) is 0 Å². The predicted molar refractivity (Wildman–Crippen MR) is 89.1 cm³/mol. The van der Waals surface area contributed by atoms with Crippen LogP contribution in [0.25, 0.3) is 0 Å². The minimum Gasteiger partial charge on any atom is -0.493 e. The average Bonchev–Trinajstić information content (AvgIpc) is 3.19. The quantitative estimate of drug-likeness (QED) is 0.898. The number of halogens is 1. The Labute approximate surface area is 141 Å². The highest BCUT2D eigenvalue weighted by Crippen LogP contribution is 2.32. The average molecular weight is 339 g/mol. The van der Waals surface area contributed by atoms with Gasteiger partial charge in [-0.05, 0) is 31.0 Å². The zero-order valence-corrected chi connectivity index (χ0v) is 14.2. The molecule has 2 aliphatic heterocycles. The van der Waals surface area contributed by atoms with Gasteiger partial charge in [0.05, 0.1) is 13.2 Å². The maximum atomic E-state index is 12.3. The van der Waals surface area contributed by atoms with Crippen LogP contribution in [-0.4, -0.2) is 43.8 Å². The van der Waals surface area contributed by atoms with Gasteiger partial charge in [0.25, 0.3) is 0 Å². The molecule has 2 aliphatic rings. The Hall–Kier alpha value is -1.46. The summed E-state index contributed by atoms with van der Waals surface area (Å²) in [5.41, 5.74) is 2.07. The molecule has 6 heteroatoms. The molecule has 3 rings (SSSR count). The van der Waals surface area contributed by atoms with Crippen LogP contribution in [0, 0.1) is 5.92 Å². The summed E-state index contributed by atoms with van der Waals surface area (Å²) in [4.78, 5) is 14.2. The van der Waals surface area contributed by atoms with Gasteiger partial charge in [-0.3, -0.25) is 0 Å². The first-order valence-corrected chi connectivity index (χ1v) is 8.59. The van der Waals surface area contributed by atoms with Crippen LogP contribution in [0.1, 0.15) is 24.5 Å². The van der Waals surface area contributed by atoms with Crippen molar-refractivity contribution in [2.75, 3.05) is 32.9 Å². The third-order valence-electron chi connectivity index (χ3n) is 4.39. The van der Waals surface area contributed by atoms with Gasteiger partial charge in [0.2, 0.25) is 0 Å². The fourth-order valence-electron chi connectivity index (χ4n) is 3.20. The molecule has 126 valence electrons. The lowest BCUT2D eigenvalue weighted by atomic mass is 10.1. The van der Waals surface area contributed by atoms with Crippen LogP contribution in [0.15, 0.2) is 12.1 Å². The Morgan fingerprint density at radius 1 is 1.52 bits per heavy atom. The van der Waals surface area contributed by atoms with E-state index in [1.165, 1.54) is 0 Å². The van der Waals surface area contributed by atoms with Crippen LogP contribution in [-0.2, 0) is 17.7 Å². The van der Waals surface area contributed by atoms with Crippen molar-refractivity contribution in [3.63, 3.8) is 0 Å². The van der Waals surface area contributed by atoms with Crippen LogP contribution >= 0.6 is 11.6 Å². The first-order chi connectivity index (χ1) is 11.2. The molecule has 1 aromatic carbocycles. The lowest BCUT2D eigenvalue weighted by Crippen LogP contribution is -2.38. The molecule has 1 fully saturated rings. The van der Waals surface area contributed by atoms with Gasteiger partial charge in [-0.25, -0.2) is 4.79 Å². The van der Waals surface area contributed by atoms with E-state index in [0.717, 1.165) is 56.0 Å². The summed E-state index contributed by atoms with van der Waals surface area (Å²) in [7, 11) is 0. The van der Waals surface area contributed by atoms with E-state index >= 15 is 0 Å². The summed E-state index contributed by atoms with van der Waals surface area (Å²) >= 11 is 6.15. The SMILES string of the molecule is CCOCC1CCN(C(=O)NCc2cc(Cl)cc3c2OCC3)C1. The lowest BCUT2D eigenvalue weighted by Gasteiger charge is -2.18. The van der Waals surface area contributed by atoms with E-state index < -0.39 is 0 Å². The maximum Gasteiger partial charge on any atom is 0.317 e. The lowest BCUT2D eigenvalue weighted by molar-refractivity contribution is 0.113. The number of benzene rings is 1. The van der Waals surface area contributed by atoms with E-state index in [1.807, 2.05) is 24.0 Å². The largest absolute Gasteiger partial charge is 0.493 e. The number of nitrogens with zero attached hydrogens (tertiary/aromatic N) is 1. The highest BCUT2D eigenvalue weighted by Gasteiger charge is 2.26. The Morgan fingerprint density at radius 3 is 3.22 bits per heavy atom. The molecule has 0 saturated carbocycles. The van der Waals surface area contributed by atoms with Crippen LogP contribution in [0.4, 0.5) is 4.79 Å². The fourth-order valence-corrected chi connectivity index (χ4v) is 3.46. The molecule has 0 spiro atoms. The third-order valence-corrected chi connectivity index (χ3v) is 4.60. The van der Waals surface area contributed by atoms with Crippen molar-refractivity contribution in [3.05, 3.63) is 28.3 Å². The second-order valence-corrected chi connectivity index (χ2v) is 6.51. The fraction of sp³-hybridized carbons (Fsp3) is 0.588. The van der Waals surface area contributed by atoms with E-state index in [1.54, 1.807) is 0 Å². The molecule has 0 aromatic heterocycles. The molecule has 0 radical (unpaired) electrons. The zero-order valence-electron chi connectivity index (χ0n) is 13.4. The molecule has 1 N–H and O–H groups in total. The van der Waals surface area contributed by atoms with Crippen LogP contribution < -0.4 is 10.1 Å². The molecule has 23 heavy (non-hydrogen) atoms. The number of likely N-dealkylation sites (tertiary alicyclic amines) is 1. The summed E-state index contributed by atoms with van der Waals surface area (Å²) in [5, 5.41) is 3.67. The van der Waals surface area contributed by atoms with E-state index in [2.05, 4.69) is 5.32 Å². The van der Waals surface area contributed by atoms with Crippen molar-refractivity contribution < 1.29 is 14.3 Å². The van der Waals surface area contributed by atoms with Crippen LogP contribution in [0.2, 0.25) is 5.02 Å². The molecule has 1 aromatic rings. The first kappa shape index (κ1) is 16.4. The molecule has 1 unspecified atom stereocenters. The number of ether oxygens (including phenoxy) is 2. The zero-order chi connectivity index (χ0) is 16.2. The summed E-state index contributed by atoms with van der Waals surface area (Å²) in [6.45, 7) is 6.11. The Bertz CT molecular complexity index is 579. The van der Waals surface area contributed by atoms with Crippen molar-refractivity contribution in [2.24, 2.45) is 5.92 Å². The van der Waals surface area contributed by atoms with Gasteiger partial charge in [-0.2, -0.15) is 0 Å². The summed E-state index contributed by atoms with van der Waals surface area (Å²) in [6, 6.07) is 3.78. The summed E-state index contributed by atoms with van der Waals surface area (Å²) in [5.74, 6) is 1.32. The Balaban J connectivity index is 1.54. The van der Waals surface area contributed by atoms with Crippen LogP contribution in [0.5, 0.6) is 5.75 Å². The smallest absolute Gasteiger partial charge is 0.317 e. The minimum absolute atomic E-state index is 0.0317. The Kier molecular flexibility index (Phi) is 5.28. The number of hydrogen-bond acceptors (Lipinski definition) is 3. The standard InChI is InChI=1S/C17H23ClN2O3/c1-2-22-11-12-3-5-20(10-12)17(21)19-9-14-8-15(18)7-13-4-6-23-16(13)14/h7-8,12H,2-6,9-11H2,1H3,(H,19,21). The number of urea groups is 1. The van der Waals surface area contributed by atoms with E-state index in [9.17, 15) is 4.79 Å². The maximum absolute atomic E-state index is 12.3. The number of carbonyl (C=O) groups is 1. The first-order valence-electron chi connectivity index (χ1n) is 8.22. The second-order valence-electron chi connectivity index (χ2n) is 6.07. The summed E-state index contributed by atoms with van der Waals surface area (Å²) in [6.07, 6.45) is 1.88. The molecular weight excluding hydrogens is 316 g/mol. The topological polar surface area (TPSA) is 50.8 Å². The third kappa shape index (κ3) is 3.90. The van der Waals surface area contributed by atoms with Crippen molar-refractivity contribution in [2.45, 2.75) is 26.3 Å². The molecule has 1 atom stereocenters. The molecule has 2 heterocycles. The number of amides is 2. The molecule has 0 aliphatic carbocycles. The van der Waals surface area contributed by atoms with Crippen molar-refractivity contribution >= 4 is 17.6 Å². The predicted octanol–water partition coefficient (Wildman–Crippen LogP) is 2.84. The van der Waals surface area contributed by atoms with E-state index in [-0.39, 0.29) is 6.03 Å². The summed E-state index contributed by atoms with van der Waals surface area (Å²) < 4.78 is 11.1. The number of carbonyl (C=O) groups excluding carboxylic acids is 1. The van der Waals surface area contributed by atoms with Gasteiger partial charge in [0.1, 0.15) is 5.75 Å². The van der Waals surface area contributed by atoms with Gasteiger partial charge in [-0.1, -0.05) is 11.6 Å². The van der Waals surface area contributed by atoms with Gasteiger partial charge < -0.3 is 19.7 Å². The second kappa shape index (κ2) is 7.41. The van der Waals surface area contributed by atoms with E-state index in [4.69, 9.17) is 21.1 Å².